The van der Waals surface area contributed by atoms with E-state index >= 15 is 0 Å². The Kier molecular flexibility index (Phi) is 6.45. The van der Waals surface area contributed by atoms with E-state index in [0.717, 1.165) is 38.0 Å². The fourth-order valence-electron chi connectivity index (χ4n) is 2.06. The molecule has 20 heavy (non-hydrogen) atoms. The number of rotatable bonds is 7. The number of hydrogen-bond acceptors (Lipinski definition) is 4. The zero-order chi connectivity index (χ0) is 15.1. The molecule has 0 unspecified atom stereocenters. The first kappa shape index (κ1) is 16.4. The molecule has 1 amide bonds. The van der Waals surface area contributed by atoms with Crippen LogP contribution in [0.25, 0.3) is 0 Å². The number of hydrogen-bond donors (Lipinski definition) is 1. The van der Waals surface area contributed by atoms with E-state index in [4.69, 9.17) is 5.73 Å². The van der Waals surface area contributed by atoms with E-state index < -0.39 is 0 Å². The highest BCUT2D eigenvalue weighted by Crippen LogP contribution is 2.12. The molecule has 1 rings (SSSR count). The number of nitrogen functional groups attached to an aromatic ring is 1. The van der Waals surface area contributed by atoms with E-state index in [9.17, 15) is 4.79 Å². The predicted molar refractivity (Wildman–Crippen MR) is 82.8 cm³/mol. The average molecular weight is 278 g/mol. The summed E-state index contributed by atoms with van der Waals surface area (Å²) in [6.45, 7) is 3.79. The highest BCUT2D eigenvalue weighted by atomic mass is 16.2. The topological polar surface area (TPSA) is 62.5 Å². The Morgan fingerprint density at radius 2 is 1.95 bits per heavy atom. The smallest absolute Gasteiger partial charge is 0.253 e. The van der Waals surface area contributed by atoms with Crippen LogP contribution in [-0.4, -0.2) is 54.9 Å². The van der Waals surface area contributed by atoms with Gasteiger partial charge in [0.2, 0.25) is 0 Å². The molecule has 0 bridgehead atoms. The first-order valence-electron chi connectivity index (χ1n) is 7.10. The zero-order valence-electron chi connectivity index (χ0n) is 13.0. The average Bonchev–Trinajstić information content (AvgIpc) is 2.37. The van der Waals surface area contributed by atoms with Crippen molar-refractivity contribution in [2.75, 3.05) is 40.0 Å². The van der Waals surface area contributed by atoms with Crippen molar-refractivity contribution in [3.63, 3.8) is 0 Å². The Morgan fingerprint density at radius 3 is 2.55 bits per heavy atom. The number of amides is 1. The van der Waals surface area contributed by atoms with E-state index in [-0.39, 0.29) is 5.91 Å². The van der Waals surface area contributed by atoms with Crippen molar-refractivity contribution in [3.8, 4) is 0 Å². The summed E-state index contributed by atoms with van der Waals surface area (Å²) in [5, 5.41) is 0. The van der Waals surface area contributed by atoms with E-state index in [1.165, 1.54) is 0 Å². The molecular weight excluding hydrogens is 252 g/mol. The quantitative estimate of drug-likeness (QED) is 0.823. The lowest BCUT2D eigenvalue weighted by Gasteiger charge is -2.19. The summed E-state index contributed by atoms with van der Waals surface area (Å²) in [6.07, 6.45) is 2.79. The Bertz CT molecular complexity index is 445. The lowest BCUT2D eigenvalue weighted by Crippen LogP contribution is -2.30. The van der Waals surface area contributed by atoms with Crippen molar-refractivity contribution in [3.05, 3.63) is 23.4 Å². The summed E-state index contributed by atoms with van der Waals surface area (Å²) < 4.78 is 0. The second kappa shape index (κ2) is 7.85. The number of nitrogens with zero attached hydrogens (tertiary/aromatic N) is 3. The Hall–Kier alpha value is -1.62. The third kappa shape index (κ3) is 5.17. The molecule has 0 spiro atoms. The fraction of sp³-hybridized carbons (Fsp3) is 0.600. The maximum absolute atomic E-state index is 12.4. The molecule has 0 aliphatic carbocycles. The summed E-state index contributed by atoms with van der Waals surface area (Å²) in [4.78, 5) is 20.5. The molecule has 0 aliphatic heterocycles. The Morgan fingerprint density at radius 1 is 1.25 bits per heavy atom. The monoisotopic (exact) mass is 278 g/mol. The van der Waals surface area contributed by atoms with Crippen molar-refractivity contribution in [2.45, 2.75) is 26.2 Å². The van der Waals surface area contributed by atoms with Crippen LogP contribution in [0.3, 0.4) is 0 Å². The molecule has 0 saturated heterocycles. The molecule has 5 heteroatoms. The van der Waals surface area contributed by atoms with Crippen LogP contribution in [0.2, 0.25) is 0 Å². The molecule has 0 radical (unpaired) electrons. The minimum absolute atomic E-state index is 0.00945. The lowest BCUT2D eigenvalue weighted by molar-refractivity contribution is 0.0790. The van der Waals surface area contributed by atoms with Gasteiger partial charge in [0.1, 0.15) is 5.82 Å². The highest BCUT2D eigenvalue weighted by molar-refractivity contribution is 5.94. The zero-order valence-corrected chi connectivity index (χ0v) is 13.0. The minimum Gasteiger partial charge on any atom is -0.384 e. The fourth-order valence-corrected chi connectivity index (χ4v) is 2.06. The van der Waals surface area contributed by atoms with Crippen LogP contribution in [0.5, 0.6) is 0 Å². The predicted octanol–water partition coefficient (Wildman–Crippen LogP) is 1.64. The molecular formula is C15H26N4O. The standard InChI is InChI=1S/C15H26N4O/c1-5-7-13-10-12(11-14(16)17-13)15(20)19(4)9-6-8-18(2)3/h10-11H,5-9H2,1-4H3,(H2,16,17). The number of carbonyl (C=O) groups excluding carboxylic acids is 1. The number of aromatic nitrogens is 1. The number of pyridine rings is 1. The molecule has 5 nitrogen and oxygen atoms in total. The lowest BCUT2D eigenvalue weighted by atomic mass is 10.1. The van der Waals surface area contributed by atoms with Crippen molar-refractivity contribution >= 4 is 11.7 Å². The van der Waals surface area contributed by atoms with Gasteiger partial charge in [0.15, 0.2) is 0 Å². The van der Waals surface area contributed by atoms with Gasteiger partial charge in [-0.3, -0.25) is 4.79 Å². The normalized spacial score (nSPS) is 10.8. The second-order valence-electron chi connectivity index (χ2n) is 5.41. The van der Waals surface area contributed by atoms with Crippen molar-refractivity contribution in [1.29, 1.82) is 0 Å². The van der Waals surface area contributed by atoms with Crippen LogP contribution in [0.1, 0.15) is 35.8 Å². The van der Waals surface area contributed by atoms with Crippen LogP contribution >= 0.6 is 0 Å². The van der Waals surface area contributed by atoms with Crippen LogP contribution in [0.4, 0.5) is 5.82 Å². The van der Waals surface area contributed by atoms with Gasteiger partial charge in [0.05, 0.1) is 0 Å². The van der Waals surface area contributed by atoms with Gasteiger partial charge in [0.25, 0.3) is 5.91 Å². The van der Waals surface area contributed by atoms with Crippen molar-refractivity contribution < 1.29 is 4.79 Å². The summed E-state index contributed by atoms with van der Waals surface area (Å²) in [5.41, 5.74) is 7.30. The first-order chi connectivity index (χ1) is 9.43. The molecule has 1 aromatic rings. The van der Waals surface area contributed by atoms with Gasteiger partial charge >= 0.3 is 0 Å². The molecule has 1 heterocycles. The summed E-state index contributed by atoms with van der Waals surface area (Å²) in [5.74, 6) is 0.427. The number of anilines is 1. The van der Waals surface area contributed by atoms with Gasteiger partial charge in [-0.2, -0.15) is 0 Å². The maximum Gasteiger partial charge on any atom is 0.253 e. The van der Waals surface area contributed by atoms with E-state index in [2.05, 4.69) is 16.8 Å². The van der Waals surface area contributed by atoms with Crippen LogP contribution in [0.15, 0.2) is 12.1 Å². The van der Waals surface area contributed by atoms with Crippen LogP contribution in [-0.2, 0) is 6.42 Å². The third-order valence-corrected chi connectivity index (χ3v) is 3.10. The molecule has 0 saturated carbocycles. The van der Waals surface area contributed by atoms with Crippen LogP contribution in [0, 0.1) is 0 Å². The first-order valence-corrected chi connectivity index (χ1v) is 7.10. The van der Waals surface area contributed by atoms with Gasteiger partial charge in [-0.1, -0.05) is 13.3 Å². The summed E-state index contributed by atoms with van der Waals surface area (Å²) in [6, 6.07) is 3.51. The Labute approximate surface area is 121 Å². The van der Waals surface area contributed by atoms with Gasteiger partial charge in [-0.05, 0) is 45.6 Å². The number of nitrogens with two attached hydrogens (primary N) is 1. The molecule has 0 fully saturated rings. The molecule has 0 atom stereocenters. The number of aryl methyl sites for hydroxylation is 1. The molecule has 0 aromatic carbocycles. The largest absolute Gasteiger partial charge is 0.384 e. The molecule has 112 valence electrons. The minimum atomic E-state index is 0.00945. The van der Waals surface area contributed by atoms with Gasteiger partial charge in [-0.25, -0.2) is 4.98 Å². The molecule has 0 aliphatic rings. The van der Waals surface area contributed by atoms with E-state index in [1.54, 1.807) is 11.0 Å². The van der Waals surface area contributed by atoms with Crippen molar-refractivity contribution in [1.82, 2.24) is 14.8 Å². The molecule has 1 aromatic heterocycles. The molecule has 2 N–H and O–H groups in total. The van der Waals surface area contributed by atoms with E-state index in [0.29, 0.717) is 11.4 Å². The van der Waals surface area contributed by atoms with Gasteiger partial charge < -0.3 is 15.5 Å². The Balaban J connectivity index is 2.70. The SMILES string of the molecule is CCCc1cc(C(=O)N(C)CCCN(C)C)cc(N)n1. The summed E-state index contributed by atoms with van der Waals surface area (Å²) >= 11 is 0. The second-order valence-corrected chi connectivity index (χ2v) is 5.41. The number of carbonyl (C=O) groups is 1. The highest BCUT2D eigenvalue weighted by Gasteiger charge is 2.13. The van der Waals surface area contributed by atoms with E-state index in [1.807, 2.05) is 27.2 Å². The third-order valence-electron chi connectivity index (χ3n) is 3.10. The van der Waals surface area contributed by atoms with Gasteiger partial charge in [0, 0.05) is 24.8 Å². The summed E-state index contributed by atoms with van der Waals surface area (Å²) in [7, 11) is 5.89. The maximum atomic E-state index is 12.4. The van der Waals surface area contributed by atoms with Crippen molar-refractivity contribution in [2.24, 2.45) is 0 Å². The van der Waals surface area contributed by atoms with Crippen LogP contribution < -0.4 is 5.73 Å². The van der Waals surface area contributed by atoms with Gasteiger partial charge in [-0.15, -0.1) is 0 Å².